The number of hydrogen-bond donors (Lipinski definition) is 3. The van der Waals surface area contributed by atoms with E-state index in [1.165, 1.54) is 25.7 Å². The molecule has 0 unspecified atom stereocenters. The Morgan fingerprint density at radius 2 is 2.04 bits per heavy atom. The molecule has 8 heteroatoms. The van der Waals surface area contributed by atoms with Gasteiger partial charge in [-0.05, 0) is 12.8 Å². The van der Waals surface area contributed by atoms with Crippen molar-refractivity contribution >= 4 is 28.5 Å². The van der Waals surface area contributed by atoms with E-state index in [2.05, 4.69) is 15.3 Å². The monoisotopic (exact) mass is 380 g/mol. The number of halogens is 1. The highest BCUT2D eigenvalue weighted by Gasteiger charge is 2.35. The highest BCUT2D eigenvalue weighted by molar-refractivity contribution is 6.30. The fourth-order valence-electron chi connectivity index (χ4n) is 3.99. The molecule has 0 bridgehead atoms. The molecule has 26 heavy (non-hydrogen) atoms. The van der Waals surface area contributed by atoms with Gasteiger partial charge in [0.1, 0.15) is 23.0 Å². The Morgan fingerprint density at radius 3 is 2.73 bits per heavy atom. The van der Waals surface area contributed by atoms with Crippen molar-refractivity contribution in [3.8, 4) is 0 Å². The lowest BCUT2D eigenvalue weighted by atomic mass is 10.1. The van der Waals surface area contributed by atoms with E-state index in [-0.39, 0.29) is 6.61 Å². The van der Waals surface area contributed by atoms with Gasteiger partial charge in [0.05, 0.1) is 24.7 Å². The lowest BCUT2D eigenvalue weighted by Crippen LogP contribution is -2.24. The van der Waals surface area contributed by atoms with Crippen molar-refractivity contribution in [3.05, 3.63) is 17.5 Å². The normalized spacial score (nSPS) is 27.7. The van der Waals surface area contributed by atoms with Crippen LogP contribution in [0.25, 0.3) is 11.2 Å². The van der Waals surface area contributed by atoms with Crippen LogP contribution in [0.1, 0.15) is 51.2 Å². The molecule has 0 spiro atoms. The first-order valence-corrected chi connectivity index (χ1v) is 9.77. The van der Waals surface area contributed by atoms with Crippen molar-refractivity contribution in [2.75, 3.05) is 11.9 Å². The minimum atomic E-state index is -0.704. The second-order valence-electron chi connectivity index (χ2n) is 7.26. The number of imidazole rings is 1. The molecular formula is C18H25ClN4O3. The van der Waals surface area contributed by atoms with Gasteiger partial charge in [0.15, 0.2) is 5.65 Å². The molecule has 0 aromatic carbocycles. The van der Waals surface area contributed by atoms with E-state index >= 15 is 0 Å². The van der Waals surface area contributed by atoms with Crippen LogP contribution in [0.3, 0.4) is 0 Å². The summed E-state index contributed by atoms with van der Waals surface area (Å²) in [6, 6.07) is 2.25. The summed E-state index contributed by atoms with van der Waals surface area (Å²) in [7, 11) is 0. The van der Waals surface area contributed by atoms with Gasteiger partial charge >= 0.3 is 0 Å². The van der Waals surface area contributed by atoms with Crippen LogP contribution in [0.2, 0.25) is 5.15 Å². The molecule has 1 saturated heterocycles. The summed E-state index contributed by atoms with van der Waals surface area (Å²) in [6.07, 6.45) is 7.74. The van der Waals surface area contributed by atoms with Crippen molar-refractivity contribution in [3.63, 3.8) is 0 Å². The van der Waals surface area contributed by atoms with Crippen molar-refractivity contribution in [2.24, 2.45) is 0 Å². The third kappa shape index (κ3) is 3.53. The average molecular weight is 381 g/mol. The molecule has 2 aliphatic rings. The Labute approximate surface area is 157 Å². The van der Waals surface area contributed by atoms with E-state index < -0.39 is 18.4 Å². The first-order valence-electron chi connectivity index (χ1n) is 9.39. The summed E-state index contributed by atoms with van der Waals surface area (Å²) in [4.78, 5) is 8.95. The maximum atomic E-state index is 10.0. The van der Waals surface area contributed by atoms with E-state index in [9.17, 15) is 10.2 Å². The second-order valence-corrected chi connectivity index (χ2v) is 7.65. The zero-order valence-electron chi connectivity index (χ0n) is 14.6. The number of aliphatic hydroxyl groups is 2. The number of pyridine rings is 1. The van der Waals surface area contributed by atoms with Gasteiger partial charge in [0.2, 0.25) is 0 Å². The van der Waals surface area contributed by atoms with Crippen LogP contribution in [-0.4, -0.2) is 49.6 Å². The highest BCUT2D eigenvalue weighted by Crippen LogP contribution is 2.34. The summed E-state index contributed by atoms with van der Waals surface area (Å²) in [5.41, 5.74) is 2.27. The quantitative estimate of drug-likeness (QED) is 0.558. The van der Waals surface area contributed by atoms with Gasteiger partial charge in [-0.15, -0.1) is 0 Å². The minimum absolute atomic E-state index is 0.215. The Morgan fingerprint density at radius 1 is 1.27 bits per heavy atom. The highest BCUT2D eigenvalue weighted by atomic mass is 35.5. The summed E-state index contributed by atoms with van der Waals surface area (Å²) in [6.45, 7) is -0.215. The number of hydrogen-bond acceptors (Lipinski definition) is 6. The van der Waals surface area contributed by atoms with Crippen molar-refractivity contribution < 1.29 is 14.9 Å². The van der Waals surface area contributed by atoms with Crippen LogP contribution in [0.5, 0.6) is 0 Å². The standard InChI is InChI=1S/C18H25ClN4O3/c19-15-7-12(21-11-5-3-1-2-4-6-11)17-18(22-15)23(10-20-17)16-8-13(25)14(9-24)26-16/h7,10-11,13-14,16,24-25H,1-6,8-9H2,(H,21,22)/t13-,14+,16+/m0/s1. The molecule has 3 heterocycles. The lowest BCUT2D eigenvalue weighted by Gasteiger charge is -2.18. The number of ether oxygens (including phenoxy) is 1. The summed E-state index contributed by atoms with van der Waals surface area (Å²) >= 11 is 6.27. The minimum Gasteiger partial charge on any atom is -0.394 e. The SMILES string of the molecule is OC[C@H]1O[C@@H](n2cnc3c(NC4CCCCCC4)cc(Cl)nc32)C[C@@H]1O. The van der Waals surface area contributed by atoms with E-state index in [1.54, 1.807) is 10.9 Å². The topological polar surface area (TPSA) is 92.4 Å². The van der Waals surface area contributed by atoms with Crippen LogP contribution in [-0.2, 0) is 4.74 Å². The third-order valence-corrected chi connectivity index (χ3v) is 5.60. The Balaban J connectivity index is 1.63. The molecule has 4 rings (SSSR count). The Kier molecular flexibility index (Phi) is 5.31. The van der Waals surface area contributed by atoms with Crippen molar-refractivity contribution in [1.82, 2.24) is 14.5 Å². The van der Waals surface area contributed by atoms with Gasteiger partial charge in [-0.25, -0.2) is 9.97 Å². The molecule has 2 aromatic rings. The first-order chi connectivity index (χ1) is 12.7. The fraction of sp³-hybridized carbons (Fsp3) is 0.667. The van der Waals surface area contributed by atoms with Crippen molar-refractivity contribution in [2.45, 2.75) is 69.4 Å². The van der Waals surface area contributed by atoms with E-state index in [0.717, 1.165) is 24.0 Å². The van der Waals surface area contributed by atoms with Crippen LogP contribution in [0.4, 0.5) is 5.69 Å². The lowest BCUT2D eigenvalue weighted by molar-refractivity contribution is -0.0432. The Bertz CT molecular complexity index is 760. The second kappa shape index (κ2) is 7.68. The maximum Gasteiger partial charge on any atom is 0.165 e. The zero-order chi connectivity index (χ0) is 18.1. The molecule has 0 radical (unpaired) electrons. The number of aliphatic hydroxyl groups excluding tert-OH is 2. The average Bonchev–Trinajstić information content (AvgIpc) is 3.10. The molecule has 2 aromatic heterocycles. The van der Waals surface area contributed by atoms with Gasteiger partial charge in [0, 0.05) is 18.5 Å². The van der Waals surface area contributed by atoms with Crippen molar-refractivity contribution in [1.29, 1.82) is 0 Å². The third-order valence-electron chi connectivity index (χ3n) is 5.41. The van der Waals surface area contributed by atoms with Gasteiger partial charge in [-0.1, -0.05) is 37.3 Å². The first kappa shape index (κ1) is 18.0. The zero-order valence-corrected chi connectivity index (χ0v) is 15.4. The molecule has 3 N–H and O–H groups in total. The van der Waals surface area contributed by atoms with E-state index in [4.69, 9.17) is 16.3 Å². The van der Waals surface area contributed by atoms with Gasteiger partial charge in [0.25, 0.3) is 0 Å². The number of rotatable bonds is 4. The molecule has 0 amide bonds. The van der Waals surface area contributed by atoms with Gasteiger partial charge in [-0.2, -0.15) is 0 Å². The number of nitrogens with one attached hydrogen (secondary N) is 1. The van der Waals surface area contributed by atoms with Gasteiger partial charge in [-0.3, -0.25) is 4.57 Å². The molecule has 7 nitrogen and oxygen atoms in total. The fourth-order valence-corrected chi connectivity index (χ4v) is 4.18. The molecule has 1 aliphatic carbocycles. The smallest absolute Gasteiger partial charge is 0.165 e. The predicted octanol–water partition coefficient (Wildman–Crippen LogP) is 2.86. The molecular weight excluding hydrogens is 356 g/mol. The summed E-state index contributed by atoms with van der Waals surface area (Å²) in [5.74, 6) is 0. The van der Waals surface area contributed by atoms with Crippen LogP contribution in [0.15, 0.2) is 12.4 Å². The van der Waals surface area contributed by atoms with Crippen LogP contribution < -0.4 is 5.32 Å². The maximum absolute atomic E-state index is 10.0. The molecule has 2 fully saturated rings. The van der Waals surface area contributed by atoms with E-state index in [0.29, 0.717) is 23.3 Å². The largest absolute Gasteiger partial charge is 0.394 e. The van der Waals surface area contributed by atoms with Crippen LogP contribution in [0, 0.1) is 0 Å². The summed E-state index contributed by atoms with van der Waals surface area (Å²) < 4.78 is 7.53. The predicted molar refractivity (Wildman–Crippen MR) is 99.3 cm³/mol. The number of nitrogens with zero attached hydrogens (tertiary/aromatic N) is 3. The number of aromatic nitrogens is 3. The Hall–Kier alpha value is -1.41. The molecule has 142 valence electrons. The molecule has 1 aliphatic heterocycles. The summed E-state index contributed by atoms with van der Waals surface area (Å²) in [5, 5.41) is 23.3. The number of anilines is 1. The van der Waals surface area contributed by atoms with Gasteiger partial charge < -0.3 is 20.3 Å². The van der Waals surface area contributed by atoms with Crippen LogP contribution >= 0.6 is 11.6 Å². The number of fused-ring (bicyclic) bond motifs is 1. The molecule has 1 saturated carbocycles. The van der Waals surface area contributed by atoms with E-state index in [1.807, 2.05) is 6.07 Å². The molecule has 3 atom stereocenters.